The molecule has 108 valence electrons. The summed E-state index contributed by atoms with van der Waals surface area (Å²) in [5.74, 6) is 0.815. The molecule has 0 N–H and O–H groups in total. The van der Waals surface area contributed by atoms with E-state index in [1.165, 1.54) is 13.0 Å². The maximum Gasteiger partial charge on any atom is 0.338 e. The molecule has 0 bridgehead atoms. The van der Waals surface area contributed by atoms with E-state index in [0.717, 1.165) is 5.56 Å². The molecule has 0 aliphatic rings. The van der Waals surface area contributed by atoms with E-state index in [4.69, 9.17) is 9.26 Å². The molecule has 2 aromatic rings. The molecule has 21 heavy (non-hydrogen) atoms. The van der Waals surface area contributed by atoms with Crippen LogP contribution >= 0.6 is 0 Å². The first-order valence-electron chi connectivity index (χ1n) is 6.24. The summed E-state index contributed by atoms with van der Waals surface area (Å²) in [5.41, 5.74) is 0.966. The monoisotopic (exact) mass is 286 g/mol. The van der Waals surface area contributed by atoms with Gasteiger partial charge in [-0.3, -0.25) is 10.1 Å². The molecule has 0 unspecified atom stereocenters. The standard InChI is InChI=1S/C15H14N2O4/c1-3-9-20-13-6-4-5-12(10-13)7-8-14-15(17(18)19)11(2)16-21-14/h3-8,10H,1,9H2,2H3/b8-7-. The summed E-state index contributed by atoms with van der Waals surface area (Å²) in [6.45, 7) is 5.53. The number of aromatic nitrogens is 1. The molecule has 0 aliphatic heterocycles. The SMILES string of the molecule is C=CCOc1cccc(/C=C\c2onc(C)c2[N+](=O)[O-])c1. The van der Waals surface area contributed by atoms with Gasteiger partial charge in [-0.05, 0) is 30.7 Å². The lowest BCUT2D eigenvalue weighted by Gasteiger charge is -2.03. The quantitative estimate of drug-likeness (QED) is 0.460. The van der Waals surface area contributed by atoms with Crippen molar-refractivity contribution in [3.8, 4) is 5.75 Å². The van der Waals surface area contributed by atoms with E-state index in [9.17, 15) is 10.1 Å². The van der Waals surface area contributed by atoms with E-state index in [1.807, 2.05) is 24.3 Å². The lowest BCUT2D eigenvalue weighted by atomic mass is 10.2. The Morgan fingerprint density at radius 3 is 3.00 bits per heavy atom. The Kier molecular flexibility index (Phi) is 4.50. The summed E-state index contributed by atoms with van der Waals surface area (Å²) < 4.78 is 10.4. The van der Waals surface area contributed by atoms with Crippen LogP contribution in [0.4, 0.5) is 5.69 Å². The van der Waals surface area contributed by atoms with E-state index < -0.39 is 4.92 Å². The lowest BCUT2D eigenvalue weighted by Crippen LogP contribution is -1.92. The smallest absolute Gasteiger partial charge is 0.338 e. The number of ether oxygens (including phenoxy) is 1. The Labute approximate surface area is 121 Å². The number of nitrogens with zero attached hydrogens (tertiary/aromatic N) is 2. The molecule has 1 aromatic heterocycles. The minimum atomic E-state index is -0.505. The highest BCUT2D eigenvalue weighted by Crippen LogP contribution is 2.25. The number of aryl methyl sites for hydroxylation is 1. The number of hydrogen-bond acceptors (Lipinski definition) is 5. The van der Waals surface area contributed by atoms with Crippen LogP contribution < -0.4 is 4.74 Å². The van der Waals surface area contributed by atoms with Crippen LogP contribution in [-0.4, -0.2) is 16.7 Å². The number of rotatable bonds is 6. The van der Waals surface area contributed by atoms with Crippen LogP contribution in [0.2, 0.25) is 0 Å². The fourth-order valence-electron chi connectivity index (χ4n) is 1.75. The summed E-state index contributed by atoms with van der Waals surface area (Å²) in [6.07, 6.45) is 4.88. The Morgan fingerprint density at radius 2 is 2.29 bits per heavy atom. The van der Waals surface area contributed by atoms with Crippen LogP contribution in [0.5, 0.6) is 5.75 Å². The van der Waals surface area contributed by atoms with E-state index in [2.05, 4.69) is 11.7 Å². The van der Waals surface area contributed by atoms with Crippen molar-refractivity contribution in [2.75, 3.05) is 6.61 Å². The highest BCUT2D eigenvalue weighted by atomic mass is 16.6. The van der Waals surface area contributed by atoms with Gasteiger partial charge in [0.05, 0.1) is 4.92 Å². The Bertz CT molecular complexity index is 689. The van der Waals surface area contributed by atoms with E-state index >= 15 is 0 Å². The molecule has 1 aromatic carbocycles. The molecule has 1 heterocycles. The van der Waals surface area contributed by atoms with Crippen molar-refractivity contribution in [1.29, 1.82) is 0 Å². The van der Waals surface area contributed by atoms with Crippen molar-refractivity contribution in [2.45, 2.75) is 6.92 Å². The van der Waals surface area contributed by atoms with Crippen molar-refractivity contribution in [3.05, 3.63) is 64.1 Å². The fraction of sp³-hybridized carbons (Fsp3) is 0.133. The summed E-state index contributed by atoms with van der Waals surface area (Å²) in [6, 6.07) is 7.32. The molecule has 0 saturated carbocycles. The van der Waals surface area contributed by atoms with Gasteiger partial charge in [0.25, 0.3) is 0 Å². The molecule has 0 spiro atoms. The molecule has 0 saturated heterocycles. The number of hydrogen-bond donors (Lipinski definition) is 0. The van der Waals surface area contributed by atoms with Gasteiger partial charge in [0, 0.05) is 0 Å². The van der Waals surface area contributed by atoms with Gasteiger partial charge in [-0.1, -0.05) is 36.0 Å². The topological polar surface area (TPSA) is 78.4 Å². The first-order chi connectivity index (χ1) is 10.1. The Morgan fingerprint density at radius 1 is 1.48 bits per heavy atom. The van der Waals surface area contributed by atoms with E-state index in [0.29, 0.717) is 12.4 Å². The second-order valence-corrected chi connectivity index (χ2v) is 4.24. The minimum absolute atomic E-state index is 0.120. The van der Waals surface area contributed by atoms with Gasteiger partial charge in [0.15, 0.2) is 5.69 Å². The fourth-order valence-corrected chi connectivity index (χ4v) is 1.75. The zero-order valence-corrected chi connectivity index (χ0v) is 11.5. The van der Waals surface area contributed by atoms with Crippen molar-refractivity contribution in [3.63, 3.8) is 0 Å². The van der Waals surface area contributed by atoms with Crippen LogP contribution in [-0.2, 0) is 0 Å². The first-order valence-corrected chi connectivity index (χ1v) is 6.24. The third-order valence-electron chi connectivity index (χ3n) is 2.69. The van der Waals surface area contributed by atoms with Crippen LogP contribution in [0.25, 0.3) is 12.2 Å². The summed E-state index contributed by atoms with van der Waals surface area (Å²) in [5, 5.41) is 14.5. The molecule has 6 heteroatoms. The average molecular weight is 286 g/mol. The van der Waals surface area contributed by atoms with Crippen molar-refractivity contribution < 1.29 is 14.2 Å². The predicted octanol–water partition coefficient (Wildman–Crippen LogP) is 3.63. The highest BCUT2D eigenvalue weighted by molar-refractivity contribution is 5.72. The number of benzene rings is 1. The largest absolute Gasteiger partial charge is 0.490 e. The molecule has 0 radical (unpaired) electrons. The molecule has 0 atom stereocenters. The van der Waals surface area contributed by atoms with Gasteiger partial charge in [-0.2, -0.15) is 0 Å². The van der Waals surface area contributed by atoms with Crippen LogP contribution in [0, 0.1) is 17.0 Å². The normalized spacial score (nSPS) is 10.7. The van der Waals surface area contributed by atoms with Gasteiger partial charge < -0.3 is 9.26 Å². The van der Waals surface area contributed by atoms with Gasteiger partial charge in [0.2, 0.25) is 5.76 Å². The third-order valence-corrected chi connectivity index (χ3v) is 2.69. The summed E-state index contributed by atoms with van der Waals surface area (Å²) in [7, 11) is 0. The predicted molar refractivity (Wildman–Crippen MR) is 79.0 cm³/mol. The molecular formula is C15H14N2O4. The lowest BCUT2D eigenvalue weighted by molar-refractivity contribution is -0.386. The van der Waals surface area contributed by atoms with E-state index in [-0.39, 0.29) is 17.1 Å². The summed E-state index contributed by atoms with van der Waals surface area (Å²) in [4.78, 5) is 10.4. The van der Waals surface area contributed by atoms with Crippen LogP contribution in [0.15, 0.2) is 41.4 Å². The minimum Gasteiger partial charge on any atom is -0.490 e. The van der Waals surface area contributed by atoms with Gasteiger partial charge in [-0.15, -0.1) is 0 Å². The molecule has 0 amide bonds. The molecular weight excluding hydrogens is 272 g/mol. The van der Waals surface area contributed by atoms with Gasteiger partial charge >= 0.3 is 5.69 Å². The molecule has 2 rings (SSSR count). The van der Waals surface area contributed by atoms with Crippen molar-refractivity contribution >= 4 is 17.8 Å². The third kappa shape index (κ3) is 3.56. The Hall–Kier alpha value is -2.89. The van der Waals surface area contributed by atoms with Crippen LogP contribution in [0.1, 0.15) is 17.0 Å². The zero-order chi connectivity index (χ0) is 15.2. The average Bonchev–Trinajstić information content (AvgIpc) is 2.84. The number of nitro groups is 1. The Balaban J connectivity index is 2.21. The maximum atomic E-state index is 10.9. The zero-order valence-electron chi connectivity index (χ0n) is 11.5. The highest BCUT2D eigenvalue weighted by Gasteiger charge is 2.21. The molecule has 0 aliphatic carbocycles. The van der Waals surface area contributed by atoms with Gasteiger partial charge in [-0.25, -0.2) is 0 Å². The van der Waals surface area contributed by atoms with E-state index in [1.54, 1.807) is 12.2 Å². The second-order valence-electron chi connectivity index (χ2n) is 4.24. The van der Waals surface area contributed by atoms with Crippen LogP contribution in [0.3, 0.4) is 0 Å². The maximum absolute atomic E-state index is 10.9. The molecule has 0 fully saturated rings. The second kappa shape index (κ2) is 6.51. The molecule has 6 nitrogen and oxygen atoms in total. The van der Waals surface area contributed by atoms with Crippen molar-refractivity contribution in [2.24, 2.45) is 0 Å². The first kappa shape index (κ1) is 14.5. The summed E-state index contributed by atoms with van der Waals surface area (Å²) >= 11 is 0. The van der Waals surface area contributed by atoms with Gasteiger partial charge in [0.1, 0.15) is 12.4 Å². The van der Waals surface area contributed by atoms with Crippen molar-refractivity contribution in [1.82, 2.24) is 5.16 Å².